The first-order valence-corrected chi connectivity index (χ1v) is 8.06. The number of rotatable bonds is 6. The topological polar surface area (TPSA) is 38.3 Å². The Hall–Kier alpha value is -1.97. The van der Waals surface area contributed by atoms with Crippen molar-refractivity contribution in [3.8, 4) is 0 Å². The van der Waals surface area contributed by atoms with Crippen molar-refractivity contribution >= 4 is 35.4 Å². The Morgan fingerprint density at radius 2 is 1.96 bits per heavy atom. The molecule has 0 heterocycles. The van der Waals surface area contributed by atoms with E-state index >= 15 is 0 Å². The number of ether oxygens (including phenoxy) is 1. The number of nitrogens with one attached hydrogen (secondary N) is 1. The average Bonchev–Trinajstić information content (AvgIpc) is 2.59. The Kier molecular flexibility index (Phi) is 6.98. The molecule has 5 heteroatoms. The Morgan fingerprint density at radius 3 is 2.70 bits per heavy atom. The maximum atomic E-state index is 11.6. The van der Waals surface area contributed by atoms with E-state index in [-0.39, 0.29) is 6.61 Å². The molecule has 0 atom stereocenters. The molecule has 0 unspecified atom stereocenters. The lowest BCUT2D eigenvalue weighted by atomic mass is 10.1. The molecule has 2 aromatic rings. The minimum atomic E-state index is -0.448. The first-order valence-electron chi connectivity index (χ1n) is 7.14. The summed E-state index contributed by atoms with van der Waals surface area (Å²) < 4.78 is 5.11. The fourth-order valence-electron chi connectivity index (χ4n) is 1.91. The number of carbonyl (C=O) groups is 1. The lowest BCUT2D eigenvalue weighted by Crippen LogP contribution is -2.24. The van der Waals surface area contributed by atoms with E-state index in [9.17, 15) is 4.79 Å². The van der Waals surface area contributed by atoms with Crippen molar-refractivity contribution in [2.75, 3.05) is 6.54 Å². The minimum absolute atomic E-state index is 0.257. The SMILES string of the molecule is O=C(NCC=Cc1ccc(Cl)c(CCl)c1)OCc1ccccc1. The molecular weight excluding hydrogens is 333 g/mol. The first-order chi connectivity index (χ1) is 11.2. The second-order valence-corrected chi connectivity index (χ2v) is 5.50. The molecule has 2 aromatic carbocycles. The second kappa shape index (κ2) is 9.23. The quantitative estimate of drug-likeness (QED) is 0.743. The van der Waals surface area contributed by atoms with Crippen LogP contribution in [0.4, 0.5) is 4.79 Å². The van der Waals surface area contributed by atoms with Crippen LogP contribution in [0, 0.1) is 0 Å². The molecule has 23 heavy (non-hydrogen) atoms. The number of alkyl halides is 1. The normalized spacial score (nSPS) is 10.7. The molecule has 0 radical (unpaired) electrons. The van der Waals surface area contributed by atoms with Gasteiger partial charge in [-0.2, -0.15) is 0 Å². The highest BCUT2D eigenvalue weighted by molar-refractivity contribution is 6.32. The van der Waals surface area contributed by atoms with Crippen LogP contribution in [0.3, 0.4) is 0 Å². The van der Waals surface area contributed by atoms with Gasteiger partial charge in [-0.05, 0) is 28.8 Å². The van der Waals surface area contributed by atoms with Crippen molar-refractivity contribution in [2.24, 2.45) is 0 Å². The standard InChI is InChI=1S/C18H17Cl2NO2/c19-12-16-11-14(8-9-17(16)20)7-4-10-21-18(22)23-13-15-5-2-1-3-6-15/h1-9,11H,10,12-13H2,(H,21,22). The van der Waals surface area contributed by atoms with E-state index in [2.05, 4.69) is 5.32 Å². The Morgan fingerprint density at radius 1 is 1.17 bits per heavy atom. The van der Waals surface area contributed by atoms with Crippen LogP contribution in [-0.2, 0) is 17.2 Å². The third-order valence-electron chi connectivity index (χ3n) is 3.10. The summed E-state index contributed by atoms with van der Waals surface area (Å²) in [5.74, 6) is 0.366. The summed E-state index contributed by atoms with van der Waals surface area (Å²) >= 11 is 11.8. The maximum absolute atomic E-state index is 11.6. The van der Waals surface area contributed by atoms with Gasteiger partial charge >= 0.3 is 6.09 Å². The van der Waals surface area contributed by atoms with E-state index in [1.54, 1.807) is 6.07 Å². The van der Waals surface area contributed by atoms with Crippen molar-refractivity contribution in [2.45, 2.75) is 12.5 Å². The van der Waals surface area contributed by atoms with Gasteiger partial charge in [0.05, 0.1) is 0 Å². The van der Waals surface area contributed by atoms with Crippen LogP contribution in [0.5, 0.6) is 0 Å². The zero-order chi connectivity index (χ0) is 16.5. The van der Waals surface area contributed by atoms with Gasteiger partial charge < -0.3 is 10.1 Å². The highest BCUT2D eigenvalue weighted by atomic mass is 35.5. The number of hydrogen-bond donors (Lipinski definition) is 1. The molecule has 120 valence electrons. The molecule has 1 N–H and O–H groups in total. The maximum Gasteiger partial charge on any atom is 0.407 e. The Labute approximate surface area is 145 Å². The summed E-state index contributed by atoms with van der Waals surface area (Å²) in [6, 6.07) is 15.1. The van der Waals surface area contributed by atoms with Gasteiger partial charge in [0.2, 0.25) is 0 Å². The van der Waals surface area contributed by atoms with Crippen molar-refractivity contribution in [3.05, 3.63) is 76.3 Å². The molecule has 1 amide bonds. The van der Waals surface area contributed by atoms with E-state index in [1.165, 1.54) is 0 Å². The molecule has 0 saturated carbocycles. The molecule has 0 spiro atoms. The van der Waals surface area contributed by atoms with Gasteiger partial charge in [-0.15, -0.1) is 11.6 Å². The van der Waals surface area contributed by atoms with E-state index in [0.29, 0.717) is 17.4 Å². The van der Waals surface area contributed by atoms with Gasteiger partial charge in [0, 0.05) is 17.4 Å². The largest absolute Gasteiger partial charge is 0.445 e. The predicted octanol–water partition coefficient (Wildman–Crippen LogP) is 5.02. The highest BCUT2D eigenvalue weighted by Gasteiger charge is 2.01. The number of carbonyl (C=O) groups excluding carboxylic acids is 1. The van der Waals surface area contributed by atoms with E-state index in [0.717, 1.165) is 16.7 Å². The van der Waals surface area contributed by atoms with Gasteiger partial charge in [-0.25, -0.2) is 4.79 Å². The summed E-state index contributed by atoms with van der Waals surface area (Å²) in [6.45, 7) is 0.638. The Bertz CT molecular complexity index is 672. The molecule has 0 aliphatic rings. The molecule has 0 aromatic heterocycles. The second-order valence-electron chi connectivity index (χ2n) is 4.83. The first kappa shape index (κ1) is 17.4. The van der Waals surface area contributed by atoms with Crippen LogP contribution < -0.4 is 5.32 Å². The molecule has 2 rings (SSSR count). The van der Waals surface area contributed by atoms with Crippen LogP contribution >= 0.6 is 23.2 Å². The number of hydrogen-bond acceptors (Lipinski definition) is 2. The van der Waals surface area contributed by atoms with Gasteiger partial charge in [-0.3, -0.25) is 0 Å². The molecular formula is C18H17Cl2NO2. The summed E-state index contributed by atoms with van der Waals surface area (Å²) in [5.41, 5.74) is 2.81. The average molecular weight is 350 g/mol. The summed E-state index contributed by atoms with van der Waals surface area (Å²) in [6.07, 6.45) is 3.28. The lowest BCUT2D eigenvalue weighted by molar-refractivity contribution is 0.141. The zero-order valence-corrected chi connectivity index (χ0v) is 14.0. The van der Waals surface area contributed by atoms with Crippen LogP contribution in [-0.4, -0.2) is 12.6 Å². The van der Waals surface area contributed by atoms with Gasteiger partial charge in [0.25, 0.3) is 0 Å². The smallest absolute Gasteiger partial charge is 0.407 e. The van der Waals surface area contributed by atoms with Crippen molar-refractivity contribution < 1.29 is 9.53 Å². The molecule has 0 aliphatic heterocycles. The molecule has 3 nitrogen and oxygen atoms in total. The van der Waals surface area contributed by atoms with Crippen molar-refractivity contribution in [3.63, 3.8) is 0 Å². The van der Waals surface area contributed by atoms with Gasteiger partial charge in [0.1, 0.15) is 6.61 Å². The van der Waals surface area contributed by atoms with Crippen LogP contribution in [0.1, 0.15) is 16.7 Å². The summed E-state index contributed by atoms with van der Waals surface area (Å²) in [4.78, 5) is 11.6. The monoisotopic (exact) mass is 349 g/mol. The number of halogens is 2. The van der Waals surface area contributed by atoms with Crippen LogP contribution in [0.2, 0.25) is 5.02 Å². The van der Waals surface area contributed by atoms with Gasteiger partial charge in [-0.1, -0.05) is 60.2 Å². The van der Waals surface area contributed by atoms with Gasteiger partial charge in [0.15, 0.2) is 0 Å². The van der Waals surface area contributed by atoms with Crippen molar-refractivity contribution in [1.82, 2.24) is 5.32 Å². The number of benzene rings is 2. The fourth-order valence-corrected chi connectivity index (χ4v) is 2.39. The van der Waals surface area contributed by atoms with E-state index < -0.39 is 6.09 Å². The van der Waals surface area contributed by atoms with Crippen molar-refractivity contribution in [1.29, 1.82) is 0 Å². The molecule has 0 fully saturated rings. The lowest BCUT2D eigenvalue weighted by Gasteiger charge is -2.05. The zero-order valence-electron chi connectivity index (χ0n) is 12.5. The van der Waals surface area contributed by atoms with E-state index in [4.69, 9.17) is 27.9 Å². The molecule has 0 saturated heterocycles. The fraction of sp³-hybridized carbons (Fsp3) is 0.167. The third kappa shape index (κ3) is 5.97. The summed E-state index contributed by atoms with van der Waals surface area (Å²) in [7, 11) is 0. The van der Waals surface area contributed by atoms with Crippen LogP contribution in [0.15, 0.2) is 54.6 Å². The third-order valence-corrected chi connectivity index (χ3v) is 3.76. The predicted molar refractivity (Wildman–Crippen MR) is 94.7 cm³/mol. The summed E-state index contributed by atoms with van der Waals surface area (Å²) in [5, 5.41) is 3.32. The molecule has 0 bridgehead atoms. The van der Waals surface area contributed by atoms with E-state index in [1.807, 2.05) is 54.6 Å². The minimum Gasteiger partial charge on any atom is -0.445 e. The molecule has 0 aliphatic carbocycles. The highest BCUT2D eigenvalue weighted by Crippen LogP contribution is 2.20. The van der Waals surface area contributed by atoms with Crippen LogP contribution in [0.25, 0.3) is 6.08 Å². The number of amides is 1. The Balaban J connectivity index is 1.74. The number of alkyl carbamates (subject to hydrolysis) is 1.